The lowest BCUT2D eigenvalue weighted by Crippen LogP contribution is -2.56. The standard InChI is InChI=1S/C19H32F3N5OS/c1-6-23-17(24-8-7-16-26-15(11-29-16)19(20,21)22)25-12-18(4,5)27-9-13(2)28-14(3)10-27/h11,13-14H,6-10,12H2,1-5H3,(H2,23,24,25). The third-order valence-electron chi connectivity index (χ3n) is 4.72. The molecule has 1 saturated heterocycles. The second-order valence-electron chi connectivity index (χ2n) is 7.97. The van der Waals surface area contributed by atoms with E-state index in [2.05, 4.69) is 48.2 Å². The molecule has 0 bridgehead atoms. The quantitative estimate of drug-likeness (QED) is 0.509. The first-order chi connectivity index (χ1) is 13.5. The lowest BCUT2D eigenvalue weighted by molar-refractivity contribution is -0.140. The minimum Gasteiger partial charge on any atom is -0.373 e. The topological polar surface area (TPSA) is 61.8 Å². The molecule has 6 nitrogen and oxygen atoms in total. The van der Waals surface area contributed by atoms with Crippen LogP contribution >= 0.6 is 11.3 Å². The lowest BCUT2D eigenvalue weighted by atomic mass is 10.0. The number of morpholine rings is 1. The van der Waals surface area contributed by atoms with Gasteiger partial charge in [0.05, 0.1) is 23.8 Å². The summed E-state index contributed by atoms with van der Waals surface area (Å²) in [5.74, 6) is 0.655. The number of ether oxygens (including phenoxy) is 1. The molecule has 2 rings (SSSR count). The molecule has 1 aliphatic heterocycles. The smallest absolute Gasteiger partial charge is 0.373 e. The van der Waals surface area contributed by atoms with E-state index in [1.165, 1.54) is 0 Å². The van der Waals surface area contributed by atoms with Crippen molar-refractivity contribution in [1.29, 1.82) is 0 Å². The number of nitrogens with zero attached hydrogens (tertiary/aromatic N) is 3. The Morgan fingerprint density at radius 1 is 1.28 bits per heavy atom. The third-order valence-corrected chi connectivity index (χ3v) is 5.63. The Morgan fingerprint density at radius 3 is 2.48 bits per heavy atom. The second kappa shape index (κ2) is 10.1. The van der Waals surface area contributed by atoms with E-state index < -0.39 is 11.9 Å². The summed E-state index contributed by atoms with van der Waals surface area (Å²) in [5.41, 5.74) is -0.959. The summed E-state index contributed by atoms with van der Waals surface area (Å²) >= 11 is 1.03. The molecule has 0 spiro atoms. The zero-order chi connectivity index (χ0) is 21.7. The van der Waals surface area contributed by atoms with Crippen molar-refractivity contribution < 1.29 is 17.9 Å². The van der Waals surface area contributed by atoms with Gasteiger partial charge in [-0.3, -0.25) is 9.89 Å². The summed E-state index contributed by atoms with van der Waals surface area (Å²) in [4.78, 5) is 10.8. The van der Waals surface area contributed by atoms with Crippen LogP contribution in [-0.2, 0) is 17.3 Å². The number of hydrogen-bond donors (Lipinski definition) is 2. The molecule has 166 valence electrons. The van der Waals surface area contributed by atoms with Crippen LogP contribution in [0.15, 0.2) is 10.4 Å². The van der Waals surface area contributed by atoms with Gasteiger partial charge < -0.3 is 15.4 Å². The number of thiazole rings is 1. The fourth-order valence-corrected chi connectivity index (χ4v) is 4.04. The van der Waals surface area contributed by atoms with Crippen LogP contribution in [0.25, 0.3) is 0 Å². The highest BCUT2D eigenvalue weighted by Crippen LogP contribution is 2.30. The van der Waals surface area contributed by atoms with E-state index in [4.69, 9.17) is 9.73 Å². The monoisotopic (exact) mass is 435 g/mol. The Balaban J connectivity index is 1.90. The summed E-state index contributed by atoms with van der Waals surface area (Å²) < 4.78 is 43.8. The van der Waals surface area contributed by atoms with Crippen LogP contribution < -0.4 is 10.6 Å². The van der Waals surface area contributed by atoms with Gasteiger partial charge >= 0.3 is 6.18 Å². The molecule has 29 heavy (non-hydrogen) atoms. The van der Waals surface area contributed by atoms with Crippen molar-refractivity contribution in [3.05, 3.63) is 16.1 Å². The van der Waals surface area contributed by atoms with Crippen molar-refractivity contribution in [3.63, 3.8) is 0 Å². The average molecular weight is 436 g/mol. The average Bonchev–Trinajstić information content (AvgIpc) is 3.08. The SMILES string of the molecule is CCNC(=NCC(C)(C)N1CC(C)OC(C)C1)NCCc1nc(C(F)(F)F)cs1. The predicted molar refractivity (Wildman–Crippen MR) is 110 cm³/mol. The number of hydrogen-bond acceptors (Lipinski definition) is 5. The predicted octanol–water partition coefficient (Wildman–Crippen LogP) is 3.15. The van der Waals surface area contributed by atoms with E-state index in [0.717, 1.165) is 29.8 Å². The maximum absolute atomic E-state index is 12.7. The maximum atomic E-state index is 12.7. The van der Waals surface area contributed by atoms with Gasteiger partial charge in [0.1, 0.15) is 0 Å². The number of nitrogens with one attached hydrogen (secondary N) is 2. The summed E-state index contributed by atoms with van der Waals surface area (Å²) in [6, 6.07) is 0. The van der Waals surface area contributed by atoms with Crippen molar-refractivity contribution in [3.8, 4) is 0 Å². The molecule has 0 saturated carbocycles. The van der Waals surface area contributed by atoms with Crippen LogP contribution in [0.3, 0.4) is 0 Å². The summed E-state index contributed by atoms with van der Waals surface area (Å²) in [6.45, 7) is 14.0. The third kappa shape index (κ3) is 7.42. The van der Waals surface area contributed by atoms with Gasteiger partial charge in [0.15, 0.2) is 11.7 Å². The second-order valence-corrected chi connectivity index (χ2v) is 8.91. The van der Waals surface area contributed by atoms with Gasteiger partial charge in [-0.15, -0.1) is 11.3 Å². The van der Waals surface area contributed by atoms with Gasteiger partial charge in [0.2, 0.25) is 0 Å². The molecule has 0 aromatic carbocycles. The molecule has 1 aliphatic rings. The van der Waals surface area contributed by atoms with Crippen LogP contribution in [0.2, 0.25) is 0 Å². The minimum absolute atomic E-state index is 0.133. The van der Waals surface area contributed by atoms with Crippen LogP contribution in [-0.4, -0.2) is 66.3 Å². The number of aliphatic imine (C=N–C) groups is 1. The van der Waals surface area contributed by atoms with Crippen molar-refractivity contribution in [2.24, 2.45) is 4.99 Å². The van der Waals surface area contributed by atoms with Gasteiger partial charge in [0, 0.05) is 43.5 Å². The van der Waals surface area contributed by atoms with Gasteiger partial charge in [-0.1, -0.05) is 0 Å². The Hall–Kier alpha value is -1.39. The Labute approximate surface area is 174 Å². The molecular formula is C19H32F3N5OS. The highest BCUT2D eigenvalue weighted by Gasteiger charge is 2.34. The highest BCUT2D eigenvalue weighted by molar-refractivity contribution is 7.09. The van der Waals surface area contributed by atoms with Gasteiger partial charge in [-0.2, -0.15) is 13.2 Å². The van der Waals surface area contributed by atoms with Gasteiger partial charge in [0.25, 0.3) is 0 Å². The maximum Gasteiger partial charge on any atom is 0.434 e. The molecule has 2 heterocycles. The molecule has 2 N–H and O–H groups in total. The van der Waals surface area contributed by atoms with E-state index >= 15 is 0 Å². The first-order valence-corrected chi connectivity index (χ1v) is 10.8. The van der Waals surface area contributed by atoms with Crippen molar-refractivity contribution >= 4 is 17.3 Å². The van der Waals surface area contributed by atoms with E-state index in [-0.39, 0.29) is 17.7 Å². The number of alkyl halides is 3. The van der Waals surface area contributed by atoms with Crippen molar-refractivity contribution in [1.82, 2.24) is 20.5 Å². The van der Waals surface area contributed by atoms with Crippen LogP contribution in [0.4, 0.5) is 13.2 Å². The first-order valence-electron chi connectivity index (χ1n) is 9.95. The van der Waals surface area contributed by atoms with Crippen LogP contribution in [0.1, 0.15) is 45.3 Å². The molecule has 2 atom stereocenters. The van der Waals surface area contributed by atoms with E-state index in [1.807, 2.05) is 6.92 Å². The largest absolute Gasteiger partial charge is 0.434 e. The molecule has 1 aromatic heterocycles. The normalized spacial score (nSPS) is 22.0. The summed E-state index contributed by atoms with van der Waals surface area (Å²) in [6.07, 6.45) is -3.60. The number of aromatic nitrogens is 1. The van der Waals surface area contributed by atoms with E-state index in [1.54, 1.807) is 0 Å². The Bertz CT molecular complexity index is 667. The molecule has 1 aromatic rings. The van der Waals surface area contributed by atoms with E-state index in [0.29, 0.717) is 37.0 Å². The van der Waals surface area contributed by atoms with Crippen LogP contribution in [0.5, 0.6) is 0 Å². The molecule has 10 heteroatoms. The first kappa shape index (κ1) is 23.9. The molecular weight excluding hydrogens is 403 g/mol. The molecule has 1 fully saturated rings. The zero-order valence-corrected chi connectivity index (χ0v) is 18.6. The van der Waals surface area contributed by atoms with Gasteiger partial charge in [-0.05, 0) is 34.6 Å². The fourth-order valence-electron chi connectivity index (χ4n) is 3.23. The van der Waals surface area contributed by atoms with E-state index in [9.17, 15) is 13.2 Å². The number of halogens is 3. The Kier molecular flexibility index (Phi) is 8.30. The summed E-state index contributed by atoms with van der Waals surface area (Å²) in [5, 5.41) is 7.89. The Morgan fingerprint density at radius 2 is 1.93 bits per heavy atom. The minimum atomic E-state index is -4.39. The highest BCUT2D eigenvalue weighted by atomic mass is 32.1. The number of rotatable bonds is 7. The van der Waals surface area contributed by atoms with Gasteiger partial charge in [-0.25, -0.2) is 4.98 Å². The summed E-state index contributed by atoms with van der Waals surface area (Å²) in [7, 11) is 0. The molecule has 0 radical (unpaired) electrons. The van der Waals surface area contributed by atoms with Crippen molar-refractivity contribution in [2.45, 2.75) is 65.0 Å². The fraction of sp³-hybridized carbons (Fsp3) is 0.789. The zero-order valence-electron chi connectivity index (χ0n) is 17.8. The number of guanidine groups is 1. The van der Waals surface area contributed by atoms with Crippen LogP contribution in [0, 0.1) is 0 Å². The molecule has 0 amide bonds. The lowest BCUT2D eigenvalue weighted by Gasteiger charge is -2.44. The van der Waals surface area contributed by atoms with Crippen molar-refractivity contribution in [2.75, 3.05) is 32.7 Å². The molecule has 2 unspecified atom stereocenters. The molecule has 0 aliphatic carbocycles.